The molecule has 2 fully saturated rings. The van der Waals surface area contributed by atoms with Crippen LogP contribution in [-0.2, 0) is 0 Å². The molecule has 2 aliphatic heterocycles. The van der Waals surface area contributed by atoms with Gasteiger partial charge in [0.2, 0.25) is 0 Å². The second-order valence-electron chi connectivity index (χ2n) is 6.23. The van der Waals surface area contributed by atoms with Crippen molar-refractivity contribution in [2.45, 2.75) is 38.3 Å². The van der Waals surface area contributed by atoms with E-state index in [0.29, 0.717) is 12.1 Å². The number of hydrogen-bond donors (Lipinski definition) is 2. The number of nitrogens with two attached hydrogens (primary N) is 1. The Labute approximate surface area is 134 Å². The molecule has 2 aliphatic rings. The highest BCUT2D eigenvalue weighted by atomic mass is 79.9. The summed E-state index contributed by atoms with van der Waals surface area (Å²) >= 11 is 3.66. The molecule has 0 spiro atoms. The summed E-state index contributed by atoms with van der Waals surface area (Å²) in [4.78, 5) is 5.16. The summed E-state index contributed by atoms with van der Waals surface area (Å²) < 4.78 is 1.03. The van der Waals surface area contributed by atoms with Gasteiger partial charge < -0.3 is 10.6 Å². The molecule has 2 saturated heterocycles. The lowest BCUT2D eigenvalue weighted by molar-refractivity contribution is 0.115. The second-order valence-corrected chi connectivity index (χ2v) is 7.08. The standard InChI is InChI=1S/C16H23BrN4/c1-11-9-20-7-3-2-4-13(20)10-21(11)15-6-5-12(16(18)19)8-14(15)17/h5-6,8,11,13H,2-4,7,9-10H2,1H3,(H3,18,19). The van der Waals surface area contributed by atoms with Gasteiger partial charge in [-0.3, -0.25) is 10.3 Å². The third-order valence-electron chi connectivity index (χ3n) is 4.76. The summed E-state index contributed by atoms with van der Waals surface area (Å²) in [7, 11) is 0. The Morgan fingerprint density at radius 2 is 2.14 bits per heavy atom. The molecule has 1 aromatic carbocycles. The Balaban J connectivity index is 1.84. The average molecular weight is 351 g/mol. The summed E-state index contributed by atoms with van der Waals surface area (Å²) in [6.07, 6.45) is 4.01. The second kappa shape index (κ2) is 5.97. The van der Waals surface area contributed by atoms with Gasteiger partial charge in [-0.1, -0.05) is 6.42 Å². The molecule has 3 rings (SSSR count). The smallest absolute Gasteiger partial charge is 0.122 e. The summed E-state index contributed by atoms with van der Waals surface area (Å²) in [6.45, 7) is 5.80. The number of halogens is 1. The molecular weight excluding hydrogens is 328 g/mol. The first-order valence-corrected chi connectivity index (χ1v) is 8.50. The van der Waals surface area contributed by atoms with Crippen molar-refractivity contribution in [1.82, 2.24) is 4.90 Å². The minimum atomic E-state index is 0.118. The van der Waals surface area contributed by atoms with E-state index >= 15 is 0 Å². The molecule has 2 unspecified atom stereocenters. The van der Waals surface area contributed by atoms with E-state index in [-0.39, 0.29) is 5.84 Å². The fourth-order valence-electron chi connectivity index (χ4n) is 3.60. The van der Waals surface area contributed by atoms with Crippen LogP contribution < -0.4 is 10.6 Å². The topological polar surface area (TPSA) is 56.4 Å². The van der Waals surface area contributed by atoms with Gasteiger partial charge in [0.15, 0.2) is 0 Å². The van der Waals surface area contributed by atoms with Crippen molar-refractivity contribution < 1.29 is 0 Å². The molecule has 21 heavy (non-hydrogen) atoms. The molecular formula is C16H23BrN4. The highest BCUT2D eigenvalue weighted by Crippen LogP contribution is 2.33. The summed E-state index contributed by atoms with van der Waals surface area (Å²) in [5.41, 5.74) is 7.56. The molecule has 0 amide bonds. The average Bonchev–Trinajstić information content (AvgIpc) is 2.46. The Hall–Kier alpha value is -1.07. The van der Waals surface area contributed by atoms with Crippen LogP contribution in [0.5, 0.6) is 0 Å². The number of amidine groups is 1. The van der Waals surface area contributed by atoms with Crippen LogP contribution in [0.4, 0.5) is 5.69 Å². The van der Waals surface area contributed by atoms with Gasteiger partial charge in [-0.05, 0) is 60.4 Å². The molecule has 3 N–H and O–H groups in total. The highest BCUT2D eigenvalue weighted by molar-refractivity contribution is 9.10. The number of fused-ring (bicyclic) bond motifs is 1. The van der Waals surface area contributed by atoms with E-state index in [1.165, 1.54) is 31.5 Å². The van der Waals surface area contributed by atoms with Crippen LogP contribution in [0.1, 0.15) is 31.7 Å². The number of benzene rings is 1. The first-order valence-electron chi connectivity index (χ1n) is 7.71. The Morgan fingerprint density at radius 3 is 2.86 bits per heavy atom. The van der Waals surface area contributed by atoms with Crippen molar-refractivity contribution in [3.05, 3.63) is 28.2 Å². The molecule has 5 heteroatoms. The first kappa shape index (κ1) is 14.9. The van der Waals surface area contributed by atoms with Crippen LogP contribution in [0, 0.1) is 5.41 Å². The molecule has 114 valence electrons. The van der Waals surface area contributed by atoms with Crippen LogP contribution in [0.2, 0.25) is 0 Å². The van der Waals surface area contributed by atoms with E-state index < -0.39 is 0 Å². The maximum absolute atomic E-state index is 7.54. The maximum Gasteiger partial charge on any atom is 0.122 e. The lowest BCUT2D eigenvalue weighted by Gasteiger charge is -2.48. The molecule has 1 aromatic rings. The number of hydrogen-bond acceptors (Lipinski definition) is 3. The van der Waals surface area contributed by atoms with E-state index in [9.17, 15) is 0 Å². The SMILES string of the molecule is CC1CN2CCCCC2CN1c1ccc(C(=N)N)cc1Br. The number of rotatable bonds is 2. The minimum Gasteiger partial charge on any atom is -0.384 e. The lowest BCUT2D eigenvalue weighted by atomic mass is 9.96. The van der Waals surface area contributed by atoms with Gasteiger partial charge in [-0.2, -0.15) is 0 Å². The largest absolute Gasteiger partial charge is 0.384 e. The zero-order valence-electron chi connectivity index (χ0n) is 12.5. The van der Waals surface area contributed by atoms with Crippen molar-refractivity contribution in [3.63, 3.8) is 0 Å². The van der Waals surface area contributed by atoms with E-state index in [1.807, 2.05) is 12.1 Å². The van der Waals surface area contributed by atoms with E-state index in [2.05, 4.69) is 38.7 Å². The van der Waals surface area contributed by atoms with E-state index in [0.717, 1.165) is 23.1 Å². The molecule has 4 nitrogen and oxygen atoms in total. The Bertz CT molecular complexity index is 545. The lowest BCUT2D eigenvalue weighted by Crippen LogP contribution is -2.58. The number of piperidine rings is 1. The van der Waals surface area contributed by atoms with Crippen LogP contribution in [0.25, 0.3) is 0 Å². The van der Waals surface area contributed by atoms with E-state index in [1.54, 1.807) is 0 Å². The fraction of sp³-hybridized carbons (Fsp3) is 0.562. The number of piperazine rings is 1. The van der Waals surface area contributed by atoms with Crippen molar-refractivity contribution in [1.29, 1.82) is 5.41 Å². The first-order chi connectivity index (χ1) is 10.1. The Morgan fingerprint density at radius 1 is 1.33 bits per heavy atom. The minimum absolute atomic E-state index is 0.118. The molecule has 0 radical (unpaired) electrons. The van der Waals surface area contributed by atoms with Gasteiger partial charge in [0, 0.05) is 35.2 Å². The number of nitrogens with zero attached hydrogens (tertiary/aromatic N) is 2. The van der Waals surface area contributed by atoms with Gasteiger partial charge in [0.05, 0.1) is 5.69 Å². The normalized spacial score (nSPS) is 26.5. The molecule has 0 bridgehead atoms. The van der Waals surface area contributed by atoms with Gasteiger partial charge in [0.1, 0.15) is 5.84 Å². The molecule has 2 atom stereocenters. The van der Waals surface area contributed by atoms with Crippen molar-refractivity contribution in [2.24, 2.45) is 5.73 Å². The van der Waals surface area contributed by atoms with Crippen LogP contribution in [0.15, 0.2) is 22.7 Å². The van der Waals surface area contributed by atoms with Crippen molar-refractivity contribution in [2.75, 3.05) is 24.5 Å². The predicted molar refractivity (Wildman–Crippen MR) is 91.2 cm³/mol. The Kier molecular flexibility index (Phi) is 4.22. The van der Waals surface area contributed by atoms with Gasteiger partial charge in [0.25, 0.3) is 0 Å². The summed E-state index contributed by atoms with van der Waals surface area (Å²) in [6, 6.07) is 7.20. The number of anilines is 1. The fourth-order valence-corrected chi connectivity index (χ4v) is 4.20. The third kappa shape index (κ3) is 2.94. The highest BCUT2D eigenvalue weighted by Gasteiger charge is 2.33. The van der Waals surface area contributed by atoms with Gasteiger partial charge >= 0.3 is 0 Å². The molecule has 0 aromatic heterocycles. The monoisotopic (exact) mass is 350 g/mol. The maximum atomic E-state index is 7.54. The third-order valence-corrected chi connectivity index (χ3v) is 5.39. The molecule has 0 aliphatic carbocycles. The zero-order valence-corrected chi connectivity index (χ0v) is 14.1. The van der Waals surface area contributed by atoms with Crippen LogP contribution in [0.3, 0.4) is 0 Å². The zero-order chi connectivity index (χ0) is 15.0. The molecule has 0 saturated carbocycles. The predicted octanol–water partition coefficient (Wildman–Crippen LogP) is 2.80. The van der Waals surface area contributed by atoms with Crippen LogP contribution >= 0.6 is 15.9 Å². The van der Waals surface area contributed by atoms with Gasteiger partial charge in [-0.15, -0.1) is 0 Å². The van der Waals surface area contributed by atoms with Crippen molar-refractivity contribution >= 4 is 27.5 Å². The van der Waals surface area contributed by atoms with Crippen molar-refractivity contribution in [3.8, 4) is 0 Å². The van der Waals surface area contributed by atoms with E-state index in [4.69, 9.17) is 11.1 Å². The number of nitrogen functional groups attached to an aromatic ring is 1. The quantitative estimate of drug-likeness (QED) is 0.636. The van der Waals surface area contributed by atoms with Crippen LogP contribution in [-0.4, -0.2) is 42.5 Å². The van der Waals surface area contributed by atoms with Gasteiger partial charge in [-0.25, -0.2) is 0 Å². The molecule has 2 heterocycles. The number of nitrogens with one attached hydrogen (secondary N) is 1. The summed E-state index contributed by atoms with van der Waals surface area (Å²) in [5.74, 6) is 0.118. The summed E-state index contributed by atoms with van der Waals surface area (Å²) in [5, 5.41) is 7.54.